The first-order chi connectivity index (χ1) is 15.2. The van der Waals surface area contributed by atoms with E-state index in [1.165, 1.54) is 4.90 Å². The SMILES string of the molecule is O=C1CC(C(c2ccccc2)c2ccccc2)C(=O)N1CCc1c[nH]c2ccccc12. The van der Waals surface area contributed by atoms with Gasteiger partial charge in [0.1, 0.15) is 0 Å². The molecule has 1 saturated heterocycles. The molecule has 154 valence electrons. The maximum absolute atomic E-state index is 13.4. The predicted molar refractivity (Wildman–Crippen MR) is 122 cm³/mol. The van der Waals surface area contributed by atoms with E-state index in [2.05, 4.69) is 11.1 Å². The van der Waals surface area contributed by atoms with Crippen LogP contribution in [0.1, 0.15) is 29.0 Å². The van der Waals surface area contributed by atoms with Gasteiger partial charge in [0.05, 0.1) is 5.92 Å². The van der Waals surface area contributed by atoms with Crippen LogP contribution in [0.15, 0.2) is 91.1 Å². The van der Waals surface area contributed by atoms with Gasteiger partial charge < -0.3 is 4.98 Å². The molecule has 4 aromatic rings. The monoisotopic (exact) mass is 408 g/mol. The van der Waals surface area contributed by atoms with Crippen LogP contribution >= 0.6 is 0 Å². The number of rotatable bonds is 6. The molecule has 1 aliphatic heterocycles. The Hall–Kier alpha value is -3.66. The van der Waals surface area contributed by atoms with Crippen molar-refractivity contribution in [2.24, 2.45) is 5.92 Å². The fourth-order valence-corrected chi connectivity index (χ4v) is 4.75. The minimum Gasteiger partial charge on any atom is -0.361 e. The van der Waals surface area contributed by atoms with Gasteiger partial charge in [-0.3, -0.25) is 14.5 Å². The van der Waals surface area contributed by atoms with Crippen molar-refractivity contribution in [2.75, 3.05) is 6.54 Å². The molecule has 0 saturated carbocycles. The van der Waals surface area contributed by atoms with E-state index in [1.54, 1.807) is 0 Å². The van der Waals surface area contributed by atoms with Gasteiger partial charge >= 0.3 is 0 Å². The van der Waals surface area contributed by atoms with Crippen LogP contribution in [0.3, 0.4) is 0 Å². The minimum atomic E-state index is -0.375. The molecular formula is C27H24N2O2. The number of carbonyl (C=O) groups excluding carboxylic acids is 2. The van der Waals surface area contributed by atoms with Gasteiger partial charge in [-0.25, -0.2) is 0 Å². The van der Waals surface area contributed by atoms with Crippen LogP contribution in [0.2, 0.25) is 0 Å². The highest BCUT2D eigenvalue weighted by Crippen LogP contribution is 2.38. The number of para-hydroxylation sites is 1. The van der Waals surface area contributed by atoms with Gasteiger partial charge in [0.25, 0.3) is 0 Å². The van der Waals surface area contributed by atoms with E-state index in [-0.39, 0.29) is 30.1 Å². The normalized spacial score (nSPS) is 16.5. The van der Waals surface area contributed by atoms with Gasteiger partial charge in [-0.2, -0.15) is 0 Å². The number of nitrogens with zero attached hydrogens (tertiary/aromatic N) is 1. The Morgan fingerprint density at radius 3 is 2.13 bits per heavy atom. The van der Waals surface area contributed by atoms with Gasteiger partial charge in [-0.1, -0.05) is 78.9 Å². The molecule has 4 heteroatoms. The molecule has 2 amide bonds. The topological polar surface area (TPSA) is 53.2 Å². The summed E-state index contributed by atoms with van der Waals surface area (Å²) >= 11 is 0. The van der Waals surface area contributed by atoms with E-state index in [0.29, 0.717) is 13.0 Å². The molecule has 31 heavy (non-hydrogen) atoms. The highest BCUT2D eigenvalue weighted by Gasteiger charge is 2.43. The Morgan fingerprint density at radius 1 is 0.839 bits per heavy atom. The highest BCUT2D eigenvalue weighted by molar-refractivity contribution is 6.04. The number of benzene rings is 3. The number of H-pyrrole nitrogens is 1. The summed E-state index contributed by atoms with van der Waals surface area (Å²) in [6, 6.07) is 28.2. The van der Waals surface area contributed by atoms with E-state index in [4.69, 9.17) is 0 Å². The lowest BCUT2D eigenvalue weighted by Crippen LogP contribution is -2.33. The molecule has 0 spiro atoms. The van der Waals surface area contributed by atoms with Crippen molar-refractivity contribution in [1.29, 1.82) is 0 Å². The van der Waals surface area contributed by atoms with Crippen LogP contribution in [0.4, 0.5) is 0 Å². The number of carbonyl (C=O) groups is 2. The number of nitrogens with one attached hydrogen (secondary N) is 1. The van der Waals surface area contributed by atoms with Crippen molar-refractivity contribution < 1.29 is 9.59 Å². The number of aromatic nitrogens is 1. The summed E-state index contributed by atoms with van der Waals surface area (Å²) in [6.07, 6.45) is 2.88. The third-order valence-electron chi connectivity index (χ3n) is 6.28. The van der Waals surface area contributed by atoms with E-state index in [9.17, 15) is 9.59 Å². The largest absolute Gasteiger partial charge is 0.361 e. The van der Waals surface area contributed by atoms with Gasteiger partial charge in [0, 0.05) is 36.0 Å². The number of likely N-dealkylation sites (tertiary alicyclic amines) is 1. The summed E-state index contributed by atoms with van der Waals surface area (Å²) in [4.78, 5) is 31.0. The molecule has 0 aliphatic carbocycles. The van der Waals surface area contributed by atoms with E-state index >= 15 is 0 Å². The Bertz CT molecular complexity index is 1170. The molecule has 1 atom stereocenters. The maximum atomic E-state index is 13.4. The molecule has 1 aliphatic rings. The second kappa shape index (κ2) is 8.23. The first kappa shape index (κ1) is 19.3. The molecule has 0 bridgehead atoms. The molecule has 5 rings (SSSR count). The predicted octanol–water partition coefficient (Wildman–Crippen LogP) is 4.92. The number of hydrogen-bond donors (Lipinski definition) is 1. The van der Waals surface area contributed by atoms with Gasteiger partial charge in [0.2, 0.25) is 11.8 Å². The van der Waals surface area contributed by atoms with Crippen molar-refractivity contribution in [2.45, 2.75) is 18.8 Å². The molecule has 1 fully saturated rings. The summed E-state index contributed by atoms with van der Waals surface area (Å²) < 4.78 is 0. The van der Waals surface area contributed by atoms with Crippen molar-refractivity contribution in [3.63, 3.8) is 0 Å². The molecule has 2 heterocycles. The lowest BCUT2D eigenvalue weighted by molar-refractivity contribution is -0.139. The average Bonchev–Trinajstić information content (AvgIpc) is 3.35. The zero-order valence-corrected chi connectivity index (χ0v) is 17.2. The second-order valence-corrected chi connectivity index (χ2v) is 8.10. The zero-order valence-electron chi connectivity index (χ0n) is 17.2. The van der Waals surface area contributed by atoms with Crippen LogP contribution in [-0.4, -0.2) is 28.2 Å². The Morgan fingerprint density at radius 2 is 1.45 bits per heavy atom. The quantitative estimate of drug-likeness (QED) is 0.461. The standard InChI is InChI=1S/C27H24N2O2/c30-25-17-23(26(19-9-3-1-4-10-19)20-11-5-2-6-12-20)27(31)29(25)16-15-21-18-28-24-14-8-7-13-22(21)24/h1-14,18,23,26,28H,15-17H2. The summed E-state index contributed by atoms with van der Waals surface area (Å²) in [7, 11) is 0. The maximum Gasteiger partial charge on any atom is 0.233 e. The molecule has 0 radical (unpaired) electrons. The number of hydrogen-bond acceptors (Lipinski definition) is 2. The fourth-order valence-electron chi connectivity index (χ4n) is 4.75. The number of aromatic amines is 1. The highest BCUT2D eigenvalue weighted by atomic mass is 16.2. The van der Waals surface area contributed by atoms with E-state index in [0.717, 1.165) is 27.6 Å². The van der Waals surface area contributed by atoms with Crippen LogP contribution in [0.5, 0.6) is 0 Å². The fraction of sp³-hybridized carbons (Fsp3) is 0.185. The Kier molecular flexibility index (Phi) is 5.13. The Balaban J connectivity index is 1.40. The van der Waals surface area contributed by atoms with E-state index in [1.807, 2.05) is 85.1 Å². The molecular weight excluding hydrogens is 384 g/mol. The molecule has 1 unspecified atom stereocenters. The van der Waals surface area contributed by atoms with Crippen molar-refractivity contribution in [3.05, 3.63) is 108 Å². The summed E-state index contributed by atoms with van der Waals surface area (Å²) in [5, 5.41) is 1.14. The Labute approximate surface area is 181 Å². The molecule has 4 nitrogen and oxygen atoms in total. The number of fused-ring (bicyclic) bond motifs is 1. The van der Waals surface area contributed by atoms with Crippen molar-refractivity contribution in [1.82, 2.24) is 9.88 Å². The third-order valence-corrected chi connectivity index (χ3v) is 6.28. The van der Waals surface area contributed by atoms with Gasteiger partial charge in [-0.05, 0) is 29.2 Å². The number of amides is 2. The first-order valence-corrected chi connectivity index (χ1v) is 10.7. The van der Waals surface area contributed by atoms with E-state index < -0.39 is 0 Å². The first-order valence-electron chi connectivity index (χ1n) is 10.7. The van der Waals surface area contributed by atoms with Crippen LogP contribution in [0, 0.1) is 5.92 Å². The van der Waals surface area contributed by atoms with Crippen LogP contribution < -0.4 is 0 Å². The summed E-state index contributed by atoms with van der Waals surface area (Å²) in [6.45, 7) is 0.409. The van der Waals surface area contributed by atoms with Crippen molar-refractivity contribution in [3.8, 4) is 0 Å². The number of imide groups is 1. The zero-order chi connectivity index (χ0) is 21.2. The summed E-state index contributed by atoms with van der Waals surface area (Å²) in [5.74, 6) is -0.647. The van der Waals surface area contributed by atoms with Gasteiger partial charge in [0.15, 0.2) is 0 Å². The minimum absolute atomic E-state index is 0.0671. The van der Waals surface area contributed by atoms with Crippen LogP contribution in [-0.2, 0) is 16.0 Å². The average molecular weight is 409 g/mol. The van der Waals surface area contributed by atoms with Gasteiger partial charge in [-0.15, -0.1) is 0 Å². The lowest BCUT2D eigenvalue weighted by atomic mass is 9.80. The third kappa shape index (κ3) is 3.66. The van der Waals surface area contributed by atoms with Crippen molar-refractivity contribution >= 4 is 22.7 Å². The smallest absolute Gasteiger partial charge is 0.233 e. The lowest BCUT2D eigenvalue weighted by Gasteiger charge is -2.23. The molecule has 1 aromatic heterocycles. The molecule has 3 aromatic carbocycles. The molecule has 1 N–H and O–H groups in total. The summed E-state index contributed by atoms with van der Waals surface area (Å²) in [5.41, 5.74) is 4.33. The second-order valence-electron chi connectivity index (χ2n) is 8.10. The van der Waals surface area contributed by atoms with Crippen LogP contribution in [0.25, 0.3) is 10.9 Å².